The first-order valence-electron chi connectivity index (χ1n) is 5.08. The Bertz CT molecular complexity index is 330. The van der Waals surface area contributed by atoms with Gasteiger partial charge in [-0.25, -0.2) is 0 Å². The highest BCUT2D eigenvalue weighted by Gasteiger charge is 2.52. The molecule has 1 nitrogen and oxygen atoms in total. The predicted molar refractivity (Wildman–Crippen MR) is 56.0 cm³/mol. The van der Waals surface area contributed by atoms with Gasteiger partial charge in [0.25, 0.3) is 0 Å². The third-order valence-electron chi connectivity index (χ3n) is 2.92. The Morgan fingerprint density at radius 1 is 1.19 bits per heavy atom. The zero-order valence-corrected chi connectivity index (χ0v) is 9.25. The maximum absolute atomic E-state index is 12.5. The largest absolute Gasteiger partial charge is 0.417 e. The van der Waals surface area contributed by atoms with Gasteiger partial charge in [0.05, 0.1) is 0 Å². The van der Waals surface area contributed by atoms with Crippen LogP contribution in [0.25, 0.3) is 0 Å². The van der Waals surface area contributed by atoms with E-state index in [4.69, 9.17) is 0 Å². The van der Waals surface area contributed by atoms with Crippen LogP contribution in [0.3, 0.4) is 0 Å². The third kappa shape index (κ3) is 2.76. The molecule has 0 saturated heterocycles. The van der Waals surface area contributed by atoms with Crippen LogP contribution in [-0.2, 0) is 6.42 Å². The molecule has 2 unspecified atom stereocenters. The van der Waals surface area contributed by atoms with Gasteiger partial charge in [0.1, 0.15) is 0 Å². The van der Waals surface area contributed by atoms with E-state index in [1.807, 2.05) is 0 Å². The molecule has 0 aliphatic heterocycles. The molecule has 1 rings (SSSR count). The molecule has 90 valence electrons. The summed E-state index contributed by atoms with van der Waals surface area (Å²) in [6, 6.07) is 8.84. The number of benzene rings is 1. The minimum absolute atomic E-state index is 0.202. The van der Waals surface area contributed by atoms with Crippen molar-refractivity contribution in [2.45, 2.75) is 32.0 Å². The van der Waals surface area contributed by atoms with Crippen LogP contribution >= 0.6 is 0 Å². The van der Waals surface area contributed by atoms with Gasteiger partial charge < -0.3 is 5.11 Å². The summed E-state index contributed by atoms with van der Waals surface area (Å²) in [6.45, 7) is 2.22. The van der Waals surface area contributed by atoms with Gasteiger partial charge in [-0.3, -0.25) is 0 Å². The van der Waals surface area contributed by atoms with Crippen molar-refractivity contribution in [2.75, 3.05) is 0 Å². The van der Waals surface area contributed by atoms with Crippen LogP contribution in [0.4, 0.5) is 13.2 Å². The van der Waals surface area contributed by atoms with Gasteiger partial charge in [0.2, 0.25) is 0 Å². The van der Waals surface area contributed by atoms with E-state index in [1.165, 1.54) is 6.92 Å². The van der Waals surface area contributed by atoms with Crippen molar-refractivity contribution in [1.82, 2.24) is 0 Å². The summed E-state index contributed by atoms with van der Waals surface area (Å²) in [5.41, 5.74) is -1.86. The first-order valence-corrected chi connectivity index (χ1v) is 5.08. The van der Waals surface area contributed by atoms with Crippen molar-refractivity contribution in [3.8, 4) is 0 Å². The highest BCUT2D eigenvalue weighted by molar-refractivity contribution is 5.16. The zero-order valence-electron chi connectivity index (χ0n) is 9.25. The highest BCUT2D eigenvalue weighted by atomic mass is 19.4. The molecule has 0 amide bonds. The Morgan fingerprint density at radius 2 is 1.69 bits per heavy atom. The lowest BCUT2D eigenvalue weighted by Gasteiger charge is -2.32. The van der Waals surface area contributed by atoms with Crippen LogP contribution in [0, 0.1) is 5.92 Å². The maximum Gasteiger partial charge on any atom is 0.417 e. The molecule has 1 N–H and O–H groups in total. The quantitative estimate of drug-likeness (QED) is 0.848. The molecule has 0 bridgehead atoms. The predicted octanol–water partition coefficient (Wildman–Crippen LogP) is 3.18. The highest BCUT2D eigenvalue weighted by Crippen LogP contribution is 2.37. The summed E-state index contributed by atoms with van der Waals surface area (Å²) >= 11 is 0. The number of halogens is 3. The fourth-order valence-electron chi connectivity index (χ4n) is 1.45. The molecule has 2 atom stereocenters. The van der Waals surface area contributed by atoms with Crippen LogP contribution in [0.2, 0.25) is 0 Å². The van der Waals surface area contributed by atoms with E-state index in [2.05, 4.69) is 0 Å². The lowest BCUT2D eigenvalue weighted by atomic mass is 9.85. The van der Waals surface area contributed by atoms with Gasteiger partial charge in [0, 0.05) is 0 Å². The minimum Gasteiger partial charge on any atom is -0.380 e. The van der Waals surface area contributed by atoms with Gasteiger partial charge in [-0.1, -0.05) is 37.3 Å². The van der Waals surface area contributed by atoms with Crippen LogP contribution < -0.4 is 0 Å². The maximum atomic E-state index is 12.5. The molecule has 0 aliphatic rings. The van der Waals surface area contributed by atoms with Gasteiger partial charge in [-0.05, 0) is 24.8 Å². The second-order valence-electron chi connectivity index (χ2n) is 4.24. The number of hydrogen-bond donors (Lipinski definition) is 1. The smallest absolute Gasteiger partial charge is 0.380 e. The summed E-state index contributed by atoms with van der Waals surface area (Å²) in [5.74, 6) is -0.880. The minimum atomic E-state index is -4.60. The molecule has 16 heavy (non-hydrogen) atoms. The van der Waals surface area contributed by atoms with Crippen molar-refractivity contribution >= 4 is 0 Å². The number of aliphatic hydroxyl groups is 1. The Balaban J connectivity index is 2.76. The molecule has 4 heteroatoms. The van der Waals surface area contributed by atoms with E-state index in [-0.39, 0.29) is 6.42 Å². The van der Waals surface area contributed by atoms with Gasteiger partial charge in [-0.15, -0.1) is 0 Å². The topological polar surface area (TPSA) is 20.2 Å². The molecule has 0 saturated carbocycles. The summed E-state index contributed by atoms with van der Waals surface area (Å²) in [6.07, 6.45) is -4.39. The lowest BCUT2D eigenvalue weighted by Crippen LogP contribution is -2.48. The summed E-state index contributed by atoms with van der Waals surface area (Å²) in [4.78, 5) is 0. The molecule has 0 heterocycles. The molecule has 0 fully saturated rings. The fourth-order valence-corrected chi connectivity index (χ4v) is 1.45. The molecule has 0 aliphatic carbocycles. The lowest BCUT2D eigenvalue weighted by molar-refractivity contribution is -0.269. The number of hydrogen-bond acceptors (Lipinski definition) is 1. The van der Waals surface area contributed by atoms with Crippen molar-refractivity contribution < 1.29 is 18.3 Å². The molecule has 1 aromatic rings. The molecule has 0 aromatic heterocycles. The fraction of sp³-hybridized carbons (Fsp3) is 0.500. The van der Waals surface area contributed by atoms with Crippen LogP contribution in [-0.4, -0.2) is 16.9 Å². The van der Waals surface area contributed by atoms with Crippen molar-refractivity contribution in [1.29, 1.82) is 0 Å². The number of rotatable bonds is 3. The van der Waals surface area contributed by atoms with Crippen molar-refractivity contribution in [3.05, 3.63) is 35.9 Å². The van der Waals surface area contributed by atoms with Gasteiger partial charge in [-0.2, -0.15) is 13.2 Å². The monoisotopic (exact) mass is 232 g/mol. The molecule has 0 radical (unpaired) electrons. The first-order chi connectivity index (χ1) is 7.25. The second-order valence-corrected chi connectivity index (χ2v) is 4.24. The Morgan fingerprint density at radius 3 is 2.12 bits per heavy atom. The van der Waals surface area contributed by atoms with E-state index in [1.54, 1.807) is 30.3 Å². The Hall–Kier alpha value is -1.03. The Labute approximate surface area is 92.9 Å². The molecule has 1 aromatic carbocycles. The van der Waals surface area contributed by atoms with Gasteiger partial charge >= 0.3 is 6.18 Å². The van der Waals surface area contributed by atoms with Crippen molar-refractivity contribution in [2.24, 2.45) is 5.92 Å². The van der Waals surface area contributed by atoms with E-state index in [0.29, 0.717) is 0 Å². The van der Waals surface area contributed by atoms with E-state index >= 15 is 0 Å². The number of alkyl halides is 3. The van der Waals surface area contributed by atoms with E-state index < -0.39 is 17.7 Å². The Kier molecular flexibility index (Phi) is 3.63. The normalized spacial score (nSPS) is 17.9. The summed E-state index contributed by atoms with van der Waals surface area (Å²) < 4.78 is 37.6. The second kappa shape index (κ2) is 4.45. The third-order valence-corrected chi connectivity index (χ3v) is 2.92. The van der Waals surface area contributed by atoms with E-state index in [9.17, 15) is 18.3 Å². The van der Waals surface area contributed by atoms with Crippen LogP contribution in [0.5, 0.6) is 0 Å². The van der Waals surface area contributed by atoms with E-state index in [0.717, 1.165) is 12.5 Å². The first kappa shape index (κ1) is 13.0. The average Bonchev–Trinajstić information content (AvgIpc) is 2.17. The molecular formula is C12H15F3O. The van der Waals surface area contributed by atoms with Gasteiger partial charge in [0.15, 0.2) is 5.60 Å². The molecular weight excluding hydrogens is 217 g/mol. The van der Waals surface area contributed by atoms with Crippen LogP contribution in [0.1, 0.15) is 19.4 Å². The summed E-state index contributed by atoms with van der Waals surface area (Å²) in [5, 5.41) is 9.46. The average molecular weight is 232 g/mol. The SMILES string of the molecule is CC(Cc1ccccc1)C(C)(O)C(F)(F)F. The molecule has 0 spiro atoms. The zero-order chi connectivity index (χ0) is 12.4. The summed E-state index contributed by atoms with van der Waals surface area (Å²) in [7, 11) is 0. The van der Waals surface area contributed by atoms with Crippen molar-refractivity contribution in [3.63, 3.8) is 0 Å². The van der Waals surface area contributed by atoms with Crippen LogP contribution in [0.15, 0.2) is 30.3 Å². The standard InChI is InChI=1S/C12H15F3O/c1-9(11(2,16)12(13,14)15)8-10-6-4-3-5-7-10/h3-7,9,16H,8H2,1-2H3.